The first-order valence-electron chi connectivity index (χ1n) is 6.68. The van der Waals surface area contributed by atoms with Crippen molar-refractivity contribution in [2.24, 2.45) is 5.92 Å². The van der Waals surface area contributed by atoms with Crippen LogP contribution in [0.2, 0.25) is 0 Å². The average Bonchev–Trinajstić information content (AvgIpc) is 2.10. The van der Waals surface area contributed by atoms with Gasteiger partial charge < -0.3 is 10.1 Å². The Hall–Kier alpha value is -0.0800. The number of hydrogen-bond acceptors (Lipinski definition) is 2. The van der Waals surface area contributed by atoms with Gasteiger partial charge in [0.1, 0.15) is 0 Å². The van der Waals surface area contributed by atoms with E-state index in [9.17, 15) is 0 Å². The predicted octanol–water partition coefficient (Wildman–Crippen LogP) is 3.61. The third kappa shape index (κ3) is 12.0. The zero-order valence-electron chi connectivity index (χ0n) is 12.1. The Balaban J connectivity index is 3.34. The topological polar surface area (TPSA) is 21.3 Å². The summed E-state index contributed by atoms with van der Waals surface area (Å²) in [5.74, 6) is 0.745. The maximum atomic E-state index is 5.76. The summed E-state index contributed by atoms with van der Waals surface area (Å²) in [7, 11) is 0. The van der Waals surface area contributed by atoms with Crippen molar-refractivity contribution < 1.29 is 4.74 Å². The minimum absolute atomic E-state index is 0.238. The molecule has 98 valence electrons. The van der Waals surface area contributed by atoms with Gasteiger partial charge >= 0.3 is 0 Å². The van der Waals surface area contributed by atoms with Gasteiger partial charge in [0, 0.05) is 12.1 Å². The lowest BCUT2D eigenvalue weighted by Crippen LogP contribution is -2.36. The monoisotopic (exact) mass is 229 g/mol. The van der Waals surface area contributed by atoms with Crippen molar-refractivity contribution in [3.8, 4) is 0 Å². The second-order valence-corrected chi connectivity index (χ2v) is 6.18. The molecule has 0 aromatic rings. The average molecular weight is 229 g/mol. The van der Waals surface area contributed by atoms with Crippen LogP contribution in [0.4, 0.5) is 0 Å². The molecule has 1 unspecified atom stereocenters. The molecule has 0 aliphatic heterocycles. The van der Waals surface area contributed by atoms with Gasteiger partial charge in [0.15, 0.2) is 0 Å². The summed E-state index contributed by atoms with van der Waals surface area (Å²) in [5.41, 5.74) is 0.238. The molecule has 1 atom stereocenters. The van der Waals surface area contributed by atoms with E-state index >= 15 is 0 Å². The predicted molar refractivity (Wildman–Crippen MR) is 71.9 cm³/mol. The van der Waals surface area contributed by atoms with E-state index in [0.29, 0.717) is 6.10 Å². The van der Waals surface area contributed by atoms with E-state index in [2.05, 4.69) is 46.9 Å². The van der Waals surface area contributed by atoms with Gasteiger partial charge in [-0.3, -0.25) is 0 Å². The molecule has 0 heterocycles. The van der Waals surface area contributed by atoms with Crippen molar-refractivity contribution in [1.29, 1.82) is 0 Å². The Morgan fingerprint density at radius 3 is 2.19 bits per heavy atom. The normalized spacial score (nSPS) is 14.4. The second-order valence-electron chi connectivity index (χ2n) is 6.18. The maximum absolute atomic E-state index is 5.76. The van der Waals surface area contributed by atoms with Crippen LogP contribution in [-0.4, -0.2) is 24.8 Å². The van der Waals surface area contributed by atoms with Crippen molar-refractivity contribution >= 4 is 0 Å². The highest BCUT2D eigenvalue weighted by atomic mass is 16.5. The van der Waals surface area contributed by atoms with Crippen LogP contribution in [0.25, 0.3) is 0 Å². The molecule has 0 aliphatic rings. The molecule has 0 bridgehead atoms. The van der Waals surface area contributed by atoms with Crippen LogP contribution in [0.15, 0.2) is 0 Å². The standard InChI is InChI=1S/C14H31NO/c1-12(2)9-11-16-13(3)8-7-10-15-14(4,5)6/h12-13,15H,7-11H2,1-6H3. The molecule has 2 nitrogen and oxygen atoms in total. The summed E-state index contributed by atoms with van der Waals surface area (Å²) >= 11 is 0. The largest absolute Gasteiger partial charge is 0.378 e. The van der Waals surface area contributed by atoms with Crippen molar-refractivity contribution in [2.75, 3.05) is 13.2 Å². The van der Waals surface area contributed by atoms with Gasteiger partial charge in [0.25, 0.3) is 0 Å². The molecule has 0 spiro atoms. The molecule has 0 aromatic heterocycles. The van der Waals surface area contributed by atoms with E-state index < -0.39 is 0 Å². The highest BCUT2D eigenvalue weighted by molar-refractivity contribution is 4.70. The van der Waals surface area contributed by atoms with Gasteiger partial charge in [0.2, 0.25) is 0 Å². The first-order valence-corrected chi connectivity index (χ1v) is 6.68. The maximum Gasteiger partial charge on any atom is 0.0547 e. The molecule has 0 saturated carbocycles. The van der Waals surface area contributed by atoms with Crippen molar-refractivity contribution in [3.63, 3.8) is 0 Å². The highest BCUT2D eigenvalue weighted by Gasteiger charge is 2.08. The van der Waals surface area contributed by atoms with Crippen LogP contribution >= 0.6 is 0 Å². The van der Waals surface area contributed by atoms with Crippen LogP contribution in [0, 0.1) is 5.92 Å². The van der Waals surface area contributed by atoms with Crippen LogP contribution in [0.3, 0.4) is 0 Å². The lowest BCUT2D eigenvalue weighted by Gasteiger charge is -2.21. The number of ether oxygens (including phenoxy) is 1. The first-order chi connectivity index (χ1) is 7.31. The Morgan fingerprint density at radius 1 is 1.06 bits per heavy atom. The molecule has 0 radical (unpaired) electrons. The molecule has 0 saturated heterocycles. The fourth-order valence-corrected chi connectivity index (χ4v) is 1.44. The van der Waals surface area contributed by atoms with E-state index in [1.54, 1.807) is 0 Å². The van der Waals surface area contributed by atoms with Gasteiger partial charge in [0.05, 0.1) is 6.10 Å². The second kappa shape index (κ2) is 8.08. The Labute approximate surface area is 102 Å². The third-order valence-electron chi connectivity index (χ3n) is 2.54. The zero-order chi connectivity index (χ0) is 12.6. The van der Waals surface area contributed by atoms with Gasteiger partial charge in [-0.05, 0) is 59.4 Å². The van der Waals surface area contributed by atoms with Crippen molar-refractivity contribution in [3.05, 3.63) is 0 Å². The van der Waals surface area contributed by atoms with Gasteiger partial charge in [-0.15, -0.1) is 0 Å². The molecular formula is C14H31NO. The smallest absolute Gasteiger partial charge is 0.0547 e. The SMILES string of the molecule is CC(C)CCOC(C)CCCNC(C)(C)C. The molecule has 0 fully saturated rings. The summed E-state index contributed by atoms with van der Waals surface area (Å²) in [6.07, 6.45) is 3.92. The summed E-state index contributed by atoms with van der Waals surface area (Å²) in [4.78, 5) is 0. The van der Waals surface area contributed by atoms with E-state index in [1.807, 2.05) is 0 Å². The van der Waals surface area contributed by atoms with Crippen LogP contribution in [0.5, 0.6) is 0 Å². The van der Waals surface area contributed by atoms with E-state index in [0.717, 1.165) is 25.5 Å². The summed E-state index contributed by atoms with van der Waals surface area (Å²) in [6.45, 7) is 15.3. The minimum atomic E-state index is 0.238. The Morgan fingerprint density at radius 2 is 1.69 bits per heavy atom. The van der Waals surface area contributed by atoms with E-state index in [-0.39, 0.29) is 5.54 Å². The molecule has 2 heteroatoms. The molecule has 1 N–H and O–H groups in total. The molecule has 0 amide bonds. The summed E-state index contributed by atoms with van der Waals surface area (Å²) in [6, 6.07) is 0. The van der Waals surface area contributed by atoms with E-state index in [4.69, 9.17) is 4.74 Å². The third-order valence-corrected chi connectivity index (χ3v) is 2.54. The number of nitrogens with one attached hydrogen (secondary N) is 1. The molecule has 0 rings (SSSR count). The molecular weight excluding hydrogens is 198 g/mol. The summed E-state index contributed by atoms with van der Waals surface area (Å²) in [5, 5.41) is 3.50. The van der Waals surface area contributed by atoms with Gasteiger partial charge in [-0.2, -0.15) is 0 Å². The Bertz CT molecular complexity index is 161. The first kappa shape index (κ1) is 15.9. The van der Waals surface area contributed by atoms with Gasteiger partial charge in [-0.25, -0.2) is 0 Å². The molecule has 16 heavy (non-hydrogen) atoms. The fraction of sp³-hybridized carbons (Fsp3) is 1.00. The number of hydrogen-bond donors (Lipinski definition) is 1. The number of rotatable bonds is 8. The lowest BCUT2D eigenvalue weighted by atomic mass is 10.1. The van der Waals surface area contributed by atoms with E-state index in [1.165, 1.54) is 12.8 Å². The van der Waals surface area contributed by atoms with Crippen LogP contribution < -0.4 is 5.32 Å². The lowest BCUT2D eigenvalue weighted by molar-refractivity contribution is 0.0518. The van der Waals surface area contributed by atoms with Crippen molar-refractivity contribution in [1.82, 2.24) is 5.32 Å². The molecule has 0 aliphatic carbocycles. The summed E-state index contributed by atoms with van der Waals surface area (Å²) < 4.78 is 5.76. The van der Waals surface area contributed by atoms with Crippen LogP contribution in [-0.2, 0) is 4.74 Å². The van der Waals surface area contributed by atoms with Gasteiger partial charge in [-0.1, -0.05) is 13.8 Å². The van der Waals surface area contributed by atoms with Crippen LogP contribution in [0.1, 0.15) is 60.8 Å². The van der Waals surface area contributed by atoms with Crippen molar-refractivity contribution in [2.45, 2.75) is 72.4 Å². The highest BCUT2D eigenvalue weighted by Crippen LogP contribution is 2.06. The fourth-order valence-electron chi connectivity index (χ4n) is 1.44. The Kier molecular flexibility index (Phi) is 8.04. The molecule has 0 aromatic carbocycles. The quantitative estimate of drug-likeness (QED) is 0.642. The minimum Gasteiger partial charge on any atom is -0.378 e. The zero-order valence-corrected chi connectivity index (χ0v) is 12.1.